The summed E-state index contributed by atoms with van der Waals surface area (Å²) in [5.74, 6) is 0. The van der Waals surface area contributed by atoms with Crippen LogP contribution in [0.3, 0.4) is 0 Å². The standard InChI is InChI=1S/C26H31BrF3N3S/c27-20-5-4-18-14-22-23(15-19(26(28,29)30)16-25(22)34-24(18)17-20)31-21-6-10-33(11-7-21)13-12-32-8-2-1-3-9-32/h4-5,15-17,21,31H,1-3,6-14H2. The third-order valence-electron chi connectivity index (χ3n) is 7.28. The van der Waals surface area contributed by atoms with Crippen LogP contribution in [0.4, 0.5) is 18.9 Å². The van der Waals surface area contributed by atoms with Crippen molar-refractivity contribution in [2.75, 3.05) is 44.6 Å². The fraction of sp³-hybridized carbons (Fsp3) is 0.538. The highest BCUT2D eigenvalue weighted by Crippen LogP contribution is 2.46. The molecule has 3 nitrogen and oxygen atoms in total. The molecule has 2 fully saturated rings. The molecule has 0 aliphatic carbocycles. The van der Waals surface area contributed by atoms with Gasteiger partial charge in [0.2, 0.25) is 0 Å². The molecule has 0 unspecified atom stereocenters. The van der Waals surface area contributed by atoms with Gasteiger partial charge >= 0.3 is 6.18 Å². The van der Waals surface area contributed by atoms with E-state index in [2.05, 4.69) is 37.1 Å². The number of piperidine rings is 2. The third kappa shape index (κ3) is 5.77. The highest BCUT2D eigenvalue weighted by Gasteiger charge is 2.34. The lowest BCUT2D eigenvalue weighted by Crippen LogP contribution is -2.43. The largest absolute Gasteiger partial charge is 0.416 e. The maximum atomic E-state index is 13.7. The first-order valence-corrected chi connectivity index (χ1v) is 13.9. The van der Waals surface area contributed by atoms with Crippen LogP contribution in [0.5, 0.6) is 0 Å². The van der Waals surface area contributed by atoms with E-state index in [-0.39, 0.29) is 6.04 Å². The van der Waals surface area contributed by atoms with E-state index >= 15 is 0 Å². The maximum Gasteiger partial charge on any atom is 0.416 e. The third-order valence-corrected chi connectivity index (χ3v) is 8.96. The summed E-state index contributed by atoms with van der Waals surface area (Å²) in [6.45, 7) is 6.66. The summed E-state index contributed by atoms with van der Waals surface area (Å²) < 4.78 is 42.1. The molecule has 0 aromatic heterocycles. The minimum absolute atomic E-state index is 0.204. The molecular weight excluding hydrogens is 523 g/mol. The number of likely N-dealkylation sites (tertiary alicyclic amines) is 2. The van der Waals surface area contributed by atoms with Gasteiger partial charge in [-0.1, -0.05) is 40.2 Å². The van der Waals surface area contributed by atoms with Crippen LogP contribution in [0.1, 0.15) is 48.8 Å². The molecule has 3 heterocycles. The van der Waals surface area contributed by atoms with Crippen molar-refractivity contribution in [2.45, 2.75) is 60.5 Å². The first-order chi connectivity index (χ1) is 16.3. The van der Waals surface area contributed by atoms with Crippen LogP contribution < -0.4 is 5.32 Å². The van der Waals surface area contributed by atoms with Crippen molar-refractivity contribution in [1.29, 1.82) is 0 Å². The maximum absolute atomic E-state index is 13.7. The summed E-state index contributed by atoms with van der Waals surface area (Å²) >= 11 is 4.92. The van der Waals surface area contributed by atoms with Crippen LogP contribution in [0.15, 0.2) is 44.6 Å². The molecule has 2 aromatic rings. The highest BCUT2D eigenvalue weighted by molar-refractivity contribution is 9.10. The molecule has 0 bridgehead atoms. The Hall–Kier alpha value is -1.22. The lowest BCUT2D eigenvalue weighted by Gasteiger charge is -2.35. The van der Waals surface area contributed by atoms with E-state index in [0.717, 1.165) is 59.5 Å². The average molecular weight is 555 g/mol. The fourth-order valence-electron chi connectivity index (χ4n) is 5.28. The molecular formula is C26H31BrF3N3S. The van der Waals surface area contributed by atoms with Gasteiger partial charge in [0.25, 0.3) is 0 Å². The minimum atomic E-state index is -4.36. The molecule has 0 spiro atoms. The number of hydrogen-bond acceptors (Lipinski definition) is 4. The zero-order valence-corrected chi connectivity index (χ0v) is 21.7. The Labute approximate surface area is 212 Å². The van der Waals surface area contributed by atoms with E-state index in [1.807, 2.05) is 12.1 Å². The van der Waals surface area contributed by atoms with E-state index in [0.29, 0.717) is 17.0 Å². The van der Waals surface area contributed by atoms with E-state index < -0.39 is 11.7 Å². The van der Waals surface area contributed by atoms with E-state index in [4.69, 9.17) is 0 Å². The molecule has 2 aromatic carbocycles. The molecule has 184 valence electrons. The molecule has 0 radical (unpaired) electrons. The smallest absolute Gasteiger partial charge is 0.382 e. The van der Waals surface area contributed by atoms with Crippen LogP contribution in [-0.4, -0.2) is 55.1 Å². The van der Waals surface area contributed by atoms with Gasteiger partial charge in [-0.3, -0.25) is 0 Å². The SMILES string of the molecule is FC(F)(F)c1cc(NC2CCN(CCN3CCCCC3)CC2)c2c(c1)Sc1cc(Br)ccc1C2. The summed E-state index contributed by atoms with van der Waals surface area (Å²) in [4.78, 5) is 6.81. The van der Waals surface area contributed by atoms with Gasteiger partial charge in [0.1, 0.15) is 0 Å². The normalized spacial score (nSPS) is 20.1. The van der Waals surface area contributed by atoms with Crippen molar-refractivity contribution in [3.63, 3.8) is 0 Å². The summed E-state index contributed by atoms with van der Waals surface area (Å²) in [5.41, 5.74) is 2.23. The number of alkyl halides is 3. The highest BCUT2D eigenvalue weighted by atomic mass is 79.9. The molecule has 5 rings (SSSR count). The van der Waals surface area contributed by atoms with Crippen molar-refractivity contribution in [2.24, 2.45) is 0 Å². The van der Waals surface area contributed by atoms with Crippen LogP contribution in [0, 0.1) is 0 Å². The predicted octanol–water partition coefficient (Wildman–Crippen LogP) is 6.89. The molecule has 3 aliphatic rings. The summed E-state index contributed by atoms with van der Waals surface area (Å²) in [6, 6.07) is 8.91. The van der Waals surface area contributed by atoms with Crippen LogP contribution in [0.25, 0.3) is 0 Å². The Bertz CT molecular complexity index is 1020. The molecule has 0 saturated carbocycles. The number of rotatable bonds is 5. The molecule has 0 atom stereocenters. The van der Waals surface area contributed by atoms with Crippen molar-refractivity contribution >= 4 is 33.4 Å². The van der Waals surface area contributed by atoms with Crippen molar-refractivity contribution < 1.29 is 13.2 Å². The molecule has 1 N–H and O–H groups in total. The van der Waals surface area contributed by atoms with Crippen molar-refractivity contribution in [1.82, 2.24) is 9.80 Å². The second kappa shape index (κ2) is 10.4. The quantitative estimate of drug-likeness (QED) is 0.370. The van der Waals surface area contributed by atoms with Crippen molar-refractivity contribution in [3.05, 3.63) is 51.5 Å². The van der Waals surface area contributed by atoms with Gasteiger partial charge in [0.15, 0.2) is 0 Å². The van der Waals surface area contributed by atoms with Gasteiger partial charge in [-0.15, -0.1) is 0 Å². The lowest BCUT2D eigenvalue weighted by molar-refractivity contribution is -0.137. The van der Waals surface area contributed by atoms with Gasteiger partial charge < -0.3 is 15.1 Å². The average Bonchev–Trinajstić information content (AvgIpc) is 2.82. The number of hydrogen-bond donors (Lipinski definition) is 1. The molecule has 3 aliphatic heterocycles. The van der Waals surface area contributed by atoms with Crippen LogP contribution >= 0.6 is 27.7 Å². The zero-order valence-electron chi connectivity index (χ0n) is 19.3. The first-order valence-electron chi connectivity index (χ1n) is 12.3. The second-order valence-electron chi connectivity index (χ2n) is 9.69. The number of benzene rings is 2. The van der Waals surface area contributed by atoms with E-state index in [9.17, 15) is 13.2 Å². The van der Waals surface area contributed by atoms with E-state index in [1.165, 1.54) is 56.2 Å². The predicted molar refractivity (Wildman–Crippen MR) is 136 cm³/mol. The molecule has 34 heavy (non-hydrogen) atoms. The number of nitrogens with zero attached hydrogens (tertiary/aromatic N) is 2. The summed E-state index contributed by atoms with van der Waals surface area (Å²) in [5, 5.41) is 3.53. The van der Waals surface area contributed by atoms with Crippen LogP contribution in [-0.2, 0) is 12.6 Å². The number of anilines is 1. The summed E-state index contributed by atoms with van der Waals surface area (Å²) in [6.07, 6.45) is 2.19. The zero-order chi connectivity index (χ0) is 23.7. The Morgan fingerprint density at radius 2 is 1.62 bits per heavy atom. The molecule has 0 amide bonds. The number of fused-ring (bicyclic) bond motifs is 2. The Morgan fingerprint density at radius 3 is 2.32 bits per heavy atom. The Morgan fingerprint density at radius 1 is 0.912 bits per heavy atom. The number of nitrogens with one attached hydrogen (secondary N) is 1. The van der Waals surface area contributed by atoms with Gasteiger partial charge in [0, 0.05) is 58.6 Å². The van der Waals surface area contributed by atoms with Gasteiger partial charge in [0.05, 0.1) is 5.56 Å². The fourth-order valence-corrected chi connectivity index (χ4v) is 6.97. The Kier molecular flexibility index (Phi) is 7.49. The Balaban J connectivity index is 1.27. The van der Waals surface area contributed by atoms with Crippen molar-refractivity contribution in [3.8, 4) is 0 Å². The lowest BCUT2D eigenvalue weighted by atomic mass is 9.98. The molecule has 2 saturated heterocycles. The second-order valence-corrected chi connectivity index (χ2v) is 11.7. The minimum Gasteiger partial charge on any atom is -0.382 e. The summed E-state index contributed by atoms with van der Waals surface area (Å²) in [7, 11) is 0. The molecule has 8 heteroatoms. The topological polar surface area (TPSA) is 18.5 Å². The van der Waals surface area contributed by atoms with Gasteiger partial charge in [-0.2, -0.15) is 13.2 Å². The van der Waals surface area contributed by atoms with Gasteiger partial charge in [-0.05, 0) is 74.2 Å². The number of halogens is 4. The van der Waals surface area contributed by atoms with E-state index in [1.54, 1.807) is 0 Å². The van der Waals surface area contributed by atoms with Gasteiger partial charge in [-0.25, -0.2) is 0 Å². The monoisotopic (exact) mass is 553 g/mol. The van der Waals surface area contributed by atoms with Crippen LogP contribution in [0.2, 0.25) is 0 Å². The first kappa shape index (κ1) is 24.5.